The summed E-state index contributed by atoms with van der Waals surface area (Å²) in [6.45, 7) is 2.80. The number of para-hydroxylation sites is 1. The van der Waals surface area contributed by atoms with Gasteiger partial charge in [0.05, 0.1) is 12.1 Å². The number of benzene rings is 2. The molecule has 8 nitrogen and oxygen atoms in total. The van der Waals surface area contributed by atoms with Crippen molar-refractivity contribution in [2.45, 2.75) is 13.8 Å². The van der Waals surface area contributed by atoms with Crippen LogP contribution in [-0.4, -0.2) is 30.9 Å². The number of hydrogen-bond donors (Lipinski definition) is 3. The molecule has 8 heteroatoms. The van der Waals surface area contributed by atoms with E-state index < -0.39 is 17.7 Å². The number of hydrazine groups is 1. The molecule has 3 rings (SSSR count). The van der Waals surface area contributed by atoms with E-state index in [1.54, 1.807) is 26.0 Å². The van der Waals surface area contributed by atoms with Gasteiger partial charge in [-0.1, -0.05) is 48.5 Å². The van der Waals surface area contributed by atoms with Crippen LogP contribution in [0, 0.1) is 13.8 Å². The van der Waals surface area contributed by atoms with Gasteiger partial charge >= 0.3 is 0 Å². The molecule has 160 valence electrons. The molecule has 0 spiro atoms. The summed E-state index contributed by atoms with van der Waals surface area (Å²) >= 11 is 0. The second-order valence-electron chi connectivity index (χ2n) is 6.76. The summed E-state index contributed by atoms with van der Waals surface area (Å²) in [7, 11) is 0. The molecule has 3 amide bonds. The highest BCUT2D eigenvalue weighted by molar-refractivity contribution is 5.97. The van der Waals surface area contributed by atoms with Gasteiger partial charge in [-0.05, 0) is 31.5 Å². The molecule has 0 aliphatic carbocycles. The second kappa shape index (κ2) is 10.1. The Hall–Kier alpha value is -4.07. The normalized spacial score (nSPS) is 10.3. The Kier molecular flexibility index (Phi) is 7.05. The van der Waals surface area contributed by atoms with Gasteiger partial charge in [0.2, 0.25) is 0 Å². The smallest absolute Gasteiger partial charge is 0.276 e. The topological polar surface area (TPSA) is 110 Å². The van der Waals surface area contributed by atoms with Crippen molar-refractivity contribution < 1.29 is 23.5 Å². The summed E-state index contributed by atoms with van der Waals surface area (Å²) in [6.07, 6.45) is 0. The number of ether oxygens (including phenoxy) is 1. The third-order valence-electron chi connectivity index (χ3n) is 4.37. The lowest BCUT2D eigenvalue weighted by atomic mass is 10.1. The van der Waals surface area contributed by atoms with Crippen LogP contribution in [0.2, 0.25) is 0 Å². The molecule has 1 aromatic heterocycles. The predicted molar refractivity (Wildman–Crippen MR) is 114 cm³/mol. The Labute approximate surface area is 179 Å². The first kappa shape index (κ1) is 21.6. The fourth-order valence-corrected chi connectivity index (χ4v) is 2.92. The molecule has 0 fully saturated rings. The lowest BCUT2D eigenvalue weighted by molar-refractivity contribution is -0.129. The van der Waals surface area contributed by atoms with E-state index in [0.29, 0.717) is 22.8 Å². The van der Waals surface area contributed by atoms with Gasteiger partial charge in [0.15, 0.2) is 6.61 Å². The van der Waals surface area contributed by atoms with Crippen molar-refractivity contribution in [2.24, 2.45) is 0 Å². The van der Waals surface area contributed by atoms with Crippen molar-refractivity contribution in [3.05, 3.63) is 77.7 Å². The Balaban J connectivity index is 1.44. The van der Waals surface area contributed by atoms with Crippen LogP contribution in [0.15, 0.2) is 65.1 Å². The summed E-state index contributed by atoms with van der Waals surface area (Å²) in [5, 5.41) is 2.47. The Morgan fingerprint density at radius 2 is 1.58 bits per heavy atom. The molecule has 0 radical (unpaired) electrons. The molecular formula is C23H23N3O5. The van der Waals surface area contributed by atoms with Crippen LogP contribution in [0.25, 0.3) is 11.1 Å². The number of aryl methyl sites for hydroxylation is 2. The van der Waals surface area contributed by atoms with Crippen molar-refractivity contribution in [3.63, 3.8) is 0 Å². The summed E-state index contributed by atoms with van der Waals surface area (Å²) in [6, 6.07) is 18.6. The van der Waals surface area contributed by atoms with Crippen molar-refractivity contribution >= 4 is 17.7 Å². The maximum atomic E-state index is 12.1. The third-order valence-corrected chi connectivity index (χ3v) is 4.37. The zero-order valence-corrected chi connectivity index (χ0v) is 17.2. The van der Waals surface area contributed by atoms with E-state index in [9.17, 15) is 14.4 Å². The highest BCUT2D eigenvalue weighted by Gasteiger charge is 2.15. The van der Waals surface area contributed by atoms with E-state index in [2.05, 4.69) is 16.2 Å². The van der Waals surface area contributed by atoms with Crippen LogP contribution in [0.4, 0.5) is 0 Å². The average molecular weight is 421 g/mol. The average Bonchev–Trinajstić information content (AvgIpc) is 3.13. The number of rotatable bonds is 7. The highest BCUT2D eigenvalue weighted by Crippen LogP contribution is 2.29. The van der Waals surface area contributed by atoms with Crippen molar-refractivity contribution in [2.75, 3.05) is 13.2 Å². The molecule has 0 atom stereocenters. The van der Waals surface area contributed by atoms with E-state index in [-0.39, 0.29) is 13.2 Å². The minimum absolute atomic E-state index is 0.288. The molecule has 0 saturated carbocycles. The van der Waals surface area contributed by atoms with Crippen LogP contribution in [0.3, 0.4) is 0 Å². The molecule has 3 N–H and O–H groups in total. The zero-order chi connectivity index (χ0) is 22.2. The van der Waals surface area contributed by atoms with Crippen molar-refractivity contribution in [3.8, 4) is 16.9 Å². The summed E-state index contributed by atoms with van der Waals surface area (Å²) < 4.78 is 10.9. The molecule has 0 aliphatic heterocycles. The van der Waals surface area contributed by atoms with Gasteiger partial charge in [-0.25, -0.2) is 0 Å². The monoisotopic (exact) mass is 421 g/mol. The molecule has 1 heterocycles. The lowest BCUT2D eigenvalue weighted by Gasteiger charge is -2.12. The first-order valence-electron chi connectivity index (χ1n) is 9.64. The number of carbonyl (C=O) groups is 3. The van der Waals surface area contributed by atoms with Gasteiger partial charge in [-0.2, -0.15) is 0 Å². The first-order chi connectivity index (χ1) is 14.9. The number of hydrogen-bond acceptors (Lipinski definition) is 5. The third kappa shape index (κ3) is 5.96. The largest absolute Gasteiger partial charge is 0.483 e. The quantitative estimate of drug-likeness (QED) is 0.508. The van der Waals surface area contributed by atoms with Gasteiger partial charge in [0.1, 0.15) is 17.3 Å². The fraction of sp³-hybridized carbons (Fsp3) is 0.174. The SMILES string of the molecule is Cc1cc(C(=O)NCC(=O)NNC(=O)COc2ccccc2-c2ccccc2)c(C)o1. The first-order valence-corrected chi connectivity index (χ1v) is 9.64. The zero-order valence-electron chi connectivity index (χ0n) is 17.2. The minimum Gasteiger partial charge on any atom is -0.483 e. The predicted octanol–water partition coefficient (Wildman–Crippen LogP) is 2.52. The van der Waals surface area contributed by atoms with Crippen LogP contribution < -0.4 is 20.9 Å². The second-order valence-corrected chi connectivity index (χ2v) is 6.76. The number of amides is 3. The van der Waals surface area contributed by atoms with E-state index >= 15 is 0 Å². The van der Waals surface area contributed by atoms with E-state index in [1.807, 2.05) is 48.5 Å². The van der Waals surface area contributed by atoms with Gasteiger partial charge in [0.25, 0.3) is 17.7 Å². The Morgan fingerprint density at radius 3 is 2.29 bits per heavy atom. The minimum atomic E-state index is -0.579. The van der Waals surface area contributed by atoms with Crippen molar-refractivity contribution in [1.82, 2.24) is 16.2 Å². The molecule has 0 bridgehead atoms. The van der Waals surface area contributed by atoms with Crippen molar-refractivity contribution in [1.29, 1.82) is 0 Å². The molecule has 0 saturated heterocycles. The van der Waals surface area contributed by atoms with Crippen LogP contribution >= 0.6 is 0 Å². The number of furan rings is 1. The number of carbonyl (C=O) groups excluding carboxylic acids is 3. The van der Waals surface area contributed by atoms with Gasteiger partial charge < -0.3 is 14.5 Å². The van der Waals surface area contributed by atoms with Crippen LogP contribution in [-0.2, 0) is 9.59 Å². The molecule has 0 unspecified atom stereocenters. The van der Waals surface area contributed by atoms with Crippen LogP contribution in [0.1, 0.15) is 21.9 Å². The molecular weight excluding hydrogens is 398 g/mol. The van der Waals surface area contributed by atoms with E-state index in [1.165, 1.54) is 0 Å². The number of nitrogens with one attached hydrogen (secondary N) is 3. The standard InChI is InChI=1S/C23H23N3O5/c1-15-12-19(16(2)31-15)23(29)24-13-21(27)25-26-22(28)14-30-20-11-7-6-10-18(20)17-8-4-3-5-9-17/h3-12H,13-14H2,1-2H3,(H,24,29)(H,25,27)(H,26,28). The molecule has 2 aromatic carbocycles. The maximum Gasteiger partial charge on any atom is 0.276 e. The van der Waals surface area contributed by atoms with Gasteiger partial charge in [-0.15, -0.1) is 0 Å². The molecule has 0 aliphatic rings. The summed E-state index contributed by atoms with van der Waals surface area (Å²) in [5.41, 5.74) is 6.67. The van der Waals surface area contributed by atoms with E-state index in [4.69, 9.17) is 9.15 Å². The Bertz CT molecular complexity index is 1080. The fourth-order valence-electron chi connectivity index (χ4n) is 2.92. The van der Waals surface area contributed by atoms with Gasteiger partial charge in [-0.3, -0.25) is 25.2 Å². The summed E-state index contributed by atoms with van der Waals surface area (Å²) in [5.74, 6) is 0.0721. The van der Waals surface area contributed by atoms with Crippen LogP contribution in [0.5, 0.6) is 5.75 Å². The highest BCUT2D eigenvalue weighted by atomic mass is 16.5. The maximum absolute atomic E-state index is 12.1. The summed E-state index contributed by atoms with van der Waals surface area (Å²) in [4.78, 5) is 36.0. The Morgan fingerprint density at radius 1 is 0.903 bits per heavy atom. The van der Waals surface area contributed by atoms with Gasteiger partial charge in [0, 0.05) is 5.56 Å². The molecule has 3 aromatic rings. The lowest BCUT2D eigenvalue weighted by Crippen LogP contribution is -2.47. The van der Waals surface area contributed by atoms with E-state index in [0.717, 1.165) is 11.1 Å². The molecule has 31 heavy (non-hydrogen) atoms.